The van der Waals surface area contributed by atoms with Crippen molar-refractivity contribution in [2.24, 2.45) is 0 Å². The third kappa shape index (κ3) is 4.46. The van der Waals surface area contributed by atoms with Crippen molar-refractivity contribution < 1.29 is 19.0 Å². The van der Waals surface area contributed by atoms with Crippen LogP contribution in [0.1, 0.15) is 15.9 Å². The molecule has 0 saturated heterocycles. The highest BCUT2D eigenvalue weighted by Gasteiger charge is 2.13. The normalized spacial score (nSPS) is 10.8. The number of anilines is 1. The van der Waals surface area contributed by atoms with Crippen molar-refractivity contribution in [3.63, 3.8) is 0 Å². The van der Waals surface area contributed by atoms with Gasteiger partial charge in [-0.1, -0.05) is 29.8 Å². The van der Waals surface area contributed by atoms with E-state index >= 15 is 0 Å². The second-order valence-corrected chi connectivity index (χ2v) is 8.15. The molecule has 0 aliphatic rings. The molecular weight excluding hydrogens is 440 g/mol. The van der Waals surface area contributed by atoms with Crippen molar-refractivity contribution in [3.05, 3.63) is 96.2 Å². The van der Waals surface area contributed by atoms with E-state index in [1.807, 2.05) is 85.8 Å². The van der Waals surface area contributed by atoms with Gasteiger partial charge < -0.3 is 19.5 Å². The highest BCUT2D eigenvalue weighted by molar-refractivity contribution is 6.09. The first-order chi connectivity index (χ1) is 17.1. The molecule has 4 aromatic carbocycles. The Morgan fingerprint density at radius 1 is 0.800 bits per heavy atom. The summed E-state index contributed by atoms with van der Waals surface area (Å²) >= 11 is 0. The van der Waals surface area contributed by atoms with Gasteiger partial charge >= 0.3 is 0 Å². The van der Waals surface area contributed by atoms with Gasteiger partial charge in [0.15, 0.2) is 11.5 Å². The highest BCUT2D eigenvalue weighted by Crippen LogP contribution is 2.37. The summed E-state index contributed by atoms with van der Waals surface area (Å²) in [6.45, 7) is 1.97. The Bertz CT molecular complexity index is 1560. The van der Waals surface area contributed by atoms with Crippen LogP contribution in [0.4, 0.5) is 5.69 Å². The molecule has 0 radical (unpaired) electrons. The van der Waals surface area contributed by atoms with Crippen molar-refractivity contribution in [1.29, 1.82) is 0 Å². The van der Waals surface area contributed by atoms with Crippen LogP contribution in [0.15, 0.2) is 85.1 Å². The number of fused-ring (bicyclic) bond motifs is 2. The van der Waals surface area contributed by atoms with E-state index in [-0.39, 0.29) is 5.91 Å². The minimum Gasteiger partial charge on any atom is -0.493 e. The molecule has 0 aliphatic carbocycles. The summed E-state index contributed by atoms with van der Waals surface area (Å²) in [7, 11) is 3.19. The summed E-state index contributed by atoms with van der Waals surface area (Å²) in [5, 5.41) is 5.71. The quantitative estimate of drug-likeness (QED) is 0.301. The van der Waals surface area contributed by atoms with E-state index in [0.717, 1.165) is 32.9 Å². The van der Waals surface area contributed by atoms with Crippen LogP contribution >= 0.6 is 0 Å². The van der Waals surface area contributed by atoms with Gasteiger partial charge in [-0.2, -0.15) is 0 Å². The molecule has 5 aromatic rings. The number of pyridine rings is 1. The van der Waals surface area contributed by atoms with E-state index in [2.05, 4.69) is 10.3 Å². The van der Waals surface area contributed by atoms with E-state index in [4.69, 9.17) is 14.2 Å². The molecule has 6 heteroatoms. The van der Waals surface area contributed by atoms with E-state index in [1.165, 1.54) is 0 Å². The summed E-state index contributed by atoms with van der Waals surface area (Å²) in [6, 6.07) is 24.6. The maximum Gasteiger partial charge on any atom is 0.255 e. The molecule has 0 spiro atoms. The molecular formula is C29H24N2O4. The number of hydrogen-bond donors (Lipinski definition) is 1. The van der Waals surface area contributed by atoms with Gasteiger partial charge in [0.25, 0.3) is 5.91 Å². The van der Waals surface area contributed by atoms with Gasteiger partial charge in [-0.3, -0.25) is 9.78 Å². The fourth-order valence-corrected chi connectivity index (χ4v) is 4.08. The van der Waals surface area contributed by atoms with Crippen molar-refractivity contribution in [3.8, 4) is 23.0 Å². The van der Waals surface area contributed by atoms with Gasteiger partial charge in [0.05, 0.1) is 19.7 Å². The molecule has 174 valence electrons. The number of aryl methyl sites for hydroxylation is 1. The molecule has 1 amide bonds. The molecule has 35 heavy (non-hydrogen) atoms. The lowest BCUT2D eigenvalue weighted by molar-refractivity contribution is 0.102. The minimum atomic E-state index is -0.144. The summed E-state index contributed by atoms with van der Waals surface area (Å²) < 4.78 is 17.1. The Morgan fingerprint density at radius 2 is 1.60 bits per heavy atom. The number of hydrogen-bond acceptors (Lipinski definition) is 5. The predicted molar refractivity (Wildman–Crippen MR) is 138 cm³/mol. The Balaban J connectivity index is 1.46. The molecule has 0 saturated carbocycles. The smallest absolute Gasteiger partial charge is 0.255 e. The molecule has 1 N–H and O–H groups in total. The van der Waals surface area contributed by atoms with Crippen LogP contribution in [0, 0.1) is 6.92 Å². The zero-order valence-corrected chi connectivity index (χ0v) is 19.7. The third-order valence-electron chi connectivity index (χ3n) is 5.82. The zero-order chi connectivity index (χ0) is 24.4. The Kier molecular flexibility index (Phi) is 5.94. The lowest BCUT2D eigenvalue weighted by Gasteiger charge is -2.13. The van der Waals surface area contributed by atoms with Crippen LogP contribution in [0.5, 0.6) is 23.0 Å². The molecule has 0 fully saturated rings. The Labute approximate surface area is 203 Å². The van der Waals surface area contributed by atoms with E-state index in [9.17, 15) is 4.79 Å². The van der Waals surface area contributed by atoms with E-state index in [0.29, 0.717) is 28.6 Å². The first kappa shape index (κ1) is 22.2. The van der Waals surface area contributed by atoms with Crippen LogP contribution in [0.3, 0.4) is 0 Å². The van der Waals surface area contributed by atoms with Crippen molar-refractivity contribution in [2.45, 2.75) is 6.92 Å². The number of ether oxygens (including phenoxy) is 3. The lowest BCUT2D eigenvalue weighted by Crippen LogP contribution is -2.12. The van der Waals surface area contributed by atoms with Crippen molar-refractivity contribution >= 4 is 33.3 Å². The fraction of sp³-hybridized carbons (Fsp3) is 0.103. The average molecular weight is 465 g/mol. The van der Waals surface area contributed by atoms with Gasteiger partial charge in [0.2, 0.25) is 0 Å². The van der Waals surface area contributed by atoms with Crippen LogP contribution in [0.2, 0.25) is 0 Å². The van der Waals surface area contributed by atoms with Crippen LogP contribution in [-0.4, -0.2) is 25.1 Å². The van der Waals surface area contributed by atoms with Crippen LogP contribution < -0.4 is 19.5 Å². The maximum atomic E-state index is 12.8. The van der Waals surface area contributed by atoms with Gasteiger partial charge in [-0.15, -0.1) is 0 Å². The number of carbonyl (C=O) groups excluding carboxylic acids is 1. The number of carbonyl (C=O) groups is 1. The summed E-state index contributed by atoms with van der Waals surface area (Å²) in [5.74, 6) is 2.39. The monoisotopic (exact) mass is 464 g/mol. The SMILES string of the molecule is COc1cc2nccc(Oc3ccc4c(NC(=O)c5cccc(C)c5)cccc4c3)c2cc1OC. The number of rotatable bonds is 6. The molecule has 5 rings (SSSR count). The number of amides is 1. The highest BCUT2D eigenvalue weighted by atomic mass is 16.5. The standard InChI is InChI=1S/C29H24N2O4/c1-18-6-4-8-20(14-18)29(32)31-24-9-5-7-19-15-21(10-11-22(19)24)35-26-12-13-30-25-17-28(34-3)27(33-2)16-23(25)26/h4-17H,1-3H3,(H,31,32). The van der Waals surface area contributed by atoms with Crippen molar-refractivity contribution in [2.75, 3.05) is 19.5 Å². The lowest BCUT2D eigenvalue weighted by atomic mass is 10.1. The van der Waals surface area contributed by atoms with Gasteiger partial charge in [0, 0.05) is 34.3 Å². The minimum absolute atomic E-state index is 0.144. The maximum absolute atomic E-state index is 12.8. The molecule has 0 aliphatic heterocycles. The molecule has 1 heterocycles. The number of methoxy groups -OCH3 is 2. The number of nitrogens with one attached hydrogen (secondary N) is 1. The topological polar surface area (TPSA) is 69.7 Å². The molecule has 0 unspecified atom stereocenters. The molecule has 0 bridgehead atoms. The van der Waals surface area contributed by atoms with Gasteiger partial charge in [-0.05, 0) is 60.8 Å². The zero-order valence-electron chi connectivity index (χ0n) is 19.7. The number of benzene rings is 4. The predicted octanol–water partition coefficient (Wildman–Crippen LogP) is 6.76. The second kappa shape index (κ2) is 9.35. The largest absolute Gasteiger partial charge is 0.493 e. The number of aromatic nitrogens is 1. The fourth-order valence-electron chi connectivity index (χ4n) is 4.08. The van der Waals surface area contributed by atoms with E-state index in [1.54, 1.807) is 20.4 Å². The first-order valence-electron chi connectivity index (χ1n) is 11.1. The summed E-state index contributed by atoms with van der Waals surface area (Å²) in [4.78, 5) is 17.2. The van der Waals surface area contributed by atoms with Crippen LogP contribution in [-0.2, 0) is 0 Å². The second-order valence-electron chi connectivity index (χ2n) is 8.15. The average Bonchev–Trinajstić information content (AvgIpc) is 2.88. The Hall–Kier alpha value is -4.58. The summed E-state index contributed by atoms with van der Waals surface area (Å²) in [5.41, 5.74) is 3.14. The van der Waals surface area contributed by atoms with Crippen LogP contribution in [0.25, 0.3) is 21.7 Å². The van der Waals surface area contributed by atoms with Gasteiger partial charge in [-0.25, -0.2) is 0 Å². The van der Waals surface area contributed by atoms with Crippen molar-refractivity contribution in [1.82, 2.24) is 4.98 Å². The molecule has 6 nitrogen and oxygen atoms in total. The Morgan fingerprint density at radius 3 is 2.40 bits per heavy atom. The first-order valence-corrected chi connectivity index (χ1v) is 11.1. The molecule has 0 atom stereocenters. The third-order valence-corrected chi connectivity index (χ3v) is 5.82. The van der Waals surface area contributed by atoms with E-state index < -0.39 is 0 Å². The summed E-state index contributed by atoms with van der Waals surface area (Å²) in [6.07, 6.45) is 1.70. The van der Waals surface area contributed by atoms with Gasteiger partial charge in [0.1, 0.15) is 11.5 Å². The molecule has 1 aromatic heterocycles. The number of nitrogens with zero attached hydrogens (tertiary/aromatic N) is 1.